The van der Waals surface area contributed by atoms with E-state index in [1.54, 1.807) is 10.7 Å². The predicted octanol–water partition coefficient (Wildman–Crippen LogP) is 3.54. The van der Waals surface area contributed by atoms with Crippen LogP contribution in [0.25, 0.3) is 5.82 Å². The molecule has 0 unspecified atom stereocenters. The Bertz CT molecular complexity index is 578. The summed E-state index contributed by atoms with van der Waals surface area (Å²) in [6.45, 7) is 5.84. The van der Waals surface area contributed by atoms with Crippen LogP contribution in [-0.2, 0) is 6.42 Å². The molecule has 4 nitrogen and oxygen atoms in total. The molecule has 0 saturated heterocycles. The molecule has 2 aromatic rings. The van der Waals surface area contributed by atoms with E-state index in [9.17, 15) is 0 Å². The van der Waals surface area contributed by atoms with Crippen molar-refractivity contribution in [2.75, 3.05) is 0 Å². The Hall–Kier alpha value is -1.13. The van der Waals surface area contributed by atoms with Gasteiger partial charge in [0.2, 0.25) is 0 Å². The molecule has 6 heteroatoms. The van der Waals surface area contributed by atoms with Crippen LogP contribution in [0.15, 0.2) is 6.07 Å². The Morgan fingerprint density at radius 2 is 1.94 bits per heavy atom. The summed E-state index contributed by atoms with van der Waals surface area (Å²) in [5.41, 5.74) is 1.63. The summed E-state index contributed by atoms with van der Waals surface area (Å²) in [5.74, 6) is 1.38. The fourth-order valence-electron chi connectivity index (χ4n) is 1.74. The van der Waals surface area contributed by atoms with Crippen molar-refractivity contribution in [3.8, 4) is 5.82 Å². The second-order valence-corrected chi connectivity index (χ2v) is 4.88. The molecule has 18 heavy (non-hydrogen) atoms. The molecule has 2 aromatic heterocycles. The second-order valence-electron chi connectivity index (χ2n) is 4.11. The molecule has 0 bridgehead atoms. The zero-order chi connectivity index (χ0) is 13.3. The molecule has 0 atom stereocenters. The SMILES string of the molecule is CCCc1nc(Cl)cc(-n2nc(C)c(Cl)c2C)n1. The Morgan fingerprint density at radius 3 is 2.50 bits per heavy atom. The van der Waals surface area contributed by atoms with E-state index in [1.807, 2.05) is 13.8 Å². The maximum atomic E-state index is 6.13. The molecule has 0 fully saturated rings. The monoisotopic (exact) mass is 284 g/mol. The minimum absolute atomic E-state index is 0.423. The van der Waals surface area contributed by atoms with Gasteiger partial charge in [-0.25, -0.2) is 14.6 Å². The van der Waals surface area contributed by atoms with Crippen LogP contribution >= 0.6 is 23.2 Å². The number of aryl methyl sites for hydroxylation is 2. The standard InChI is InChI=1S/C12H14Cl2N4/c1-4-5-10-15-9(13)6-11(16-10)18-8(3)12(14)7(2)17-18/h6H,4-5H2,1-3H3. The third kappa shape index (κ3) is 2.49. The van der Waals surface area contributed by atoms with E-state index >= 15 is 0 Å². The second kappa shape index (κ2) is 5.24. The average molecular weight is 285 g/mol. The quantitative estimate of drug-likeness (QED) is 0.810. The van der Waals surface area contributed by atoms with Crippen LogP contribution < -0.4 is 0 Å². The summed E-state index contributed by atoms with van der Waals surface area (Å²) in [5, 5.41) is 5.44. The van der Waals surface area contributed by atoms with Crippen LogP contribution in [0, 0.1) is 13.8 Å². The van der Waals surface area contributed by atoms with Gasteiger partial charge in [-0.1, -0.05) is 30.1 Å². The van der Waals surface area contributed by atoms with E-state index in [4.69, 9.17) is 23.2 Å². The summed E-state index contributed by atoms with van der Waals surface area (Å²) in [4.78, 5) is 8.64. The summed E-state index contributed by atoms with van der Waals surface area (Å²) in [7, 11) is 0. The molecule has 0 aliphatic heterocycles. The lowest BCUT2D eigenvalue weighted by molar-refractivity contribution is 0.766. The van der Waals surface area contributed by atoms with Gasteiger partial charge in [-0.15, -0.1) is 0 Å². The highest BCUT2D eigenvalue weighted by molar-refractivity contribution is 6.31. The Labute approximate surface area is 116 Å². The summed E-state index contributed by atoms with van der Waals surface area (Å²) in [6.07, 6.45) is 1.76. The van der Waals surface area contributed by atoms with Crippen molar-refractivity contribution < 1.29 is 0 Å². The maximum Gasteiger partial charge on any atom is 0.158 e. The highest BCUT2D eigenvalue weighted by atomic mass is 35.5. The number of halogens is 2. The van der Waals surface area contributed by atoms with E-state index in [0.29, 0.717) is 16.0 Å². The van der Waals surface area contributed by atoms with Crippen molar-refractivity contribution in [2.24, 2.45) is 0 Å². The lowest BCUT2D eigenvalue weighted by atomic mass is 10.3. The summed E-state index contributed by atoms with van der Waals surface area (Å²) >= 11 is 12.1. The van der Waals surface area contributed by atoms with Crippen LogP contribution in [0.2, 0.25) is 10.2 Å². The lowest BCUT2D eigenvalue weighted by Gasteiger charge is -2.06. The molecular formula is C12H14Cl2N4. The molecule has 0 amide bonds. The minimum Gasteiger partial charge on any atom is -0.221 e. The number of rotatable bonds is 3. The lowest BCUT2D eigenvalue weighted by Crippen LogP contribution is -2.06. The van der Waals surface area contributed by atoms with Gasteiger partial charge in [0.1, 0.15) is 11.0 Å². The normalized spacial score (nSPS) is 10.9. The third-order valence-electron chi connectivity index (χ3n) is 2.62. The van der Waals surface area contributed by atoms with Gasteiger partial charge in [-0.2, -0.15) is 5.10 Å². The number of hydrogen-bond acceptors (Lipinski definition) is 3. The molecule has 2 heterocycles. The van der Waals surface area contributed by atoms with Gasteiger partial charge in [0, 0.05) is 12.5 Å². The first kappa shape index (κ1) is 13.3. The topological polar surface area (TPSA) is 43.6 Å². The van der Waals surface area contributed by atoms with E-state index < -0.39 is 0 Å². The highest BCUT2D eigenvalue weighted by Gasteiger charge is 2.13. The molecule has 2 rings (SSSR count). The molecule has 0 aliphatic carbocycles. The first-order chi connectivity index (χ1) is 8.52. The Balaban J connectivity index is 2.52. The smallest absolute Gasteiger partial charge is 0.158 e. The maximum absolute atomic E-state index is 6.13. The average Bonchev–Trinajstić information content (AvgIpc) is 2.57. The Morgan fingerprint density at radius 1 is 1.22 bits per heavy atom. The van der Waals surface area contributed by atoms with E-state index in [0.717, 1.165) is 30.1 Å². The fourth-order valence-corrected chi connectivity index (χ4v) is 2.06. The van der Waals surface area contributed by atoms with Crippen molar-refractivity contribution in [1.29, 1.82) is 0 Å². The molecule has 0 aliphatic rings. The number of aromatic nitrogens is 4. The fraction of sp³-hybridized carbons (Fsp3) is 0.417. The molecule has 0 radical (unpaired) electrons. The molecule has 0 aromatic carbocycles. The third-order valence-corrected chi connectivity index (χ3v) is 3.36. The van der Waals surface area contributed by atoms with Crippen molar-refractivity contribution in [1.82, 2.24) is 19.7 Å². The first-order valence-corrected chi connectivity index (χ1v) is 6.54. The molecule has 96 valence electrons. The Kier molecular flexibility index (Phi) is 3.88. The van der Waals surface area contributed by atoms with Crippen LogP contribution in [0.3, 0.4) is 0 Å². The van der Waals surface area contributed by atoms with Crippen LogP contribution in [0.1, 0.15) is 30.6 Å². The van der Waals surface area contributed by atoms with Crippen LogP contribution in [0.5, 0.6) is 0 Å². The number of hydrogen-bond donors (Lipinski definition) is 0. The van der Waals surface area contributed by atoms with E-state index in [1.165, 1.54) is 0 Å². The van der Waals surface area contributed by atoms with Gasteiger partial charge in [-0.3, -0.25) is 0 Å². The van der Waals surface area contributed by atoms with Gasteiger partial charge in [-0.05, 0) is 20.3 Å². The molecule has 0 saturated carbocycles. The zero-order valence-electron chi connectivity index (χ0n) is 10.5. The van der Waals surface area contributed by atoms with Gasteiger partial charge in [0.05, 0.1) is 16.4 Å². The summed E-state index contributed by atoms with van der Waals surface area (Å²) in [6, 6.07) is 1.69. The van der Waals surface area contributed by atoms with Gasteiger partial charge in [0.15, 0.2) is 5.82 Å². The zero-order valence-corrected chi connectivity index (χ0v) is 12.0. The highest BCUT2D eigenvalue weighted by Crippen LogP contribution is 2.22. The van der Waals surface area contributed by atoms with E-state index in [-0.39, 0.29) is 0 Å². The molecule has 0 N–H and O–H groups in total. The number of nitrogens with zero attached hydrogens (tertiary/aromatic N) is 4. The van der Waals surface area contributed by atoms with Crippen molar-refractivity contribution >= 4 is 23.2 Å². The van der Waals surface area contributed by atoms with Crippen LogP contribution in [0.4, 0.5) is 0 Å². The van der Waals surface area contributed by atoms with E-state index in [2.05, 4.69) is 22.0 Å². The van der Waals surface area contributed by atoms with Crippen LogP contribution in [-0.4, -0.2) is 19.7 Å². The summed E-state index contributed by atoms with van der Waals surface area (Å²) < 4.78 is 1.70. The van der Waals surface area contributed by atoms with Crippen molar-refractivity contribution in [2.45, 2.75) is 33.6 Å². The van der Waals surface area contributed by atoms with Gasteiger partial charge < -0.3 is 0 Å². The molecule has 0 spiro atoms. The van der Waals surface area contributed by atoms with Crippen molar-refractivity contribution in [3.63, 3.8) is 0 Å². The van der Waals surface area contributed by atoms with Gasteiger partial charge >= 0.3 is 0 Å². The van der Waals surface area contributed by atoms with Gasteiger partial charge in [0.25, 0.3) is 0 Å². The molecular weight excluding hydrogens is 271 g/mol. The predicted molar refractivity (Wildman–Crippen MR) is 72.6 cm³/mol. The van der Waals surface area contributed by atoms with Crippen molar-refractivity contribution in [3.05, 3.63) is 33.5 Å². The first-order valence-electron chi connectivity index (χ1n) is 5.78. The largest absolute Gasteiger partial charge is 0.221 e. The minimum atomic E-state index is 0.423.